The molecule has 1 saturated heterocycles. The van der Waals surface area contributed by atoms with Gasteiger partial charge in [-0.1, -0.05) is 110 Å². The highest BCUT2D eigenvalue weighted by molar-refractivity contribution is 5.87. The first kappa shape index (κ1) is 23.1. The minimum Gasteiger partial charge on any atom is -0.334 e. The largest absolute Gasteiger partial charge is 0.334 e. The molecule has 6 nitrogen and oxygen atoms in total. The number of hydrazine groups is 1. The second-order valence-corrected chi connectivity index (χ2v) is 9.40. The third-order valence-corrected chi connectivity index (χ3v) is 7.16. The van der Waals surface area contributed by atoms with Gasteiger partial charge in [-0.3, -0.25) is 15.1 Å². The maximum Gasteiger partial charge on any atom is 0.333 e. The molecule has 35 heavy (non-hydrogen) atoms. The second-order valence-electron chi connectivity index (χ2n) is 9.40. The smallest absolute Gasteiger partial charge is 0.333 e. The molecule has 1 saturated carbocycles. The maximum absolute atomic E-state index is 13.2. The SMILES string of the molecule is O=C(NNC(=O)[C@@H]1CN1C(c1ccccc1)(c1ccccc1)c1ccccc1)NC1CCCCC1. The van der Waals surface area contributed by atoms with Crippen molar-refractivity contribution in [3.05, 3.63) is 108 Å². The summed E-state index contributed by atoms with van der Waals surface area (Å²) in [6, 6.07) is 30.4. The van der Waals surface area contributed by atoms with Gasteiger partial charge in [0.1, 0.15) is 6.04 Å². The van der Waals surface area contributed by atoms with E-state index < -0.39 is 5.54 Å². The number of rotatable bonds is 6. The molecule has 0 radical (unpaired) electrons. The average molecular weight is 469 g/mol. The number of hydrogen-bond donors (Lipinski definition) is 3. The van der Waals surface area contributed by atoms with Gasteiger partial charge in [0.15, 0.2) is 0 Å². The van der Waals surface area contributed by atoms with Crippen molar-refractivity contribution >= 4 is 11.9 Å². The fraction of sp³-hybridized carbons (Fsp3) is 0.310. The van der Waals surface area contributed by atoms with E-state index in [1.165, 1.54) is 6.42 Å². The Morgan fingerprint density at radius 2 is 1.17 bits per heavy atom. The number of nitrogens with one attached hydrogen (secondary N) is 3. The summed E-state index contributed by atoms with van der Waals surface area (Å²) in [5.74, 6) is -0.212. The molecule has 0 aromatic heterocycles. The van der Waals surface area contributed by atoms with Crippen LogP contribution in [0.3, 0.4) is 0 Å². The normalized spacial score (nSPS) is 20.0. The first-order valence-electron chi connectivity index (χ1n) is 12.5. The van der Waals surface area contributed by atoms with E-state index in [1.54, 1.807) is 0 Å². The summed E-state index contributed by atoms with van der Waals surface area (Å²) >= 11 is 0. The summed E-state index contributed by atoms with van der Waals surface area (Å²) in [6.45, 7) is 0.580. The van der Waals surface area contributed by atoms with Crippen molar-refractivity contribution in [1.29, 1.82) is 0 Å². The summed E-state index contributed by atoms with van der Waals surface area (Å²) in [5.41, 5.74) is 7.86. The van der Waals surface area contributed by atoms with Crippen LogP contribution in [-0.2, 0) is 10.3 Å². The number of amides is 3. The van der Waals surface area contributed by atoms with Crippen LogP contribution < -0.4 is 16.2 Å². The van der Waals surface area contributed by atoms with Crippen LogP contribution in [0.1, 0.15) is 48.8 Å². The average Bonchev–Trinajstić information content (AvgIpc) is 3.72. The highest BCUT2D eigenvalue weighted by Crippen LogP contribution is 2.48. The summed E-state index contributed by atoms with van der Waals surface area (Å²) in [5, 5.41) is 2.97. The Morgan fingerprint density at radius 3 is 1.66 bits per heavy atom. The third kappa shape index (κ3) is 4.80. The van der Waals surface area contributed by atoms with Crippen molar-refractivity contribution in [2.45, 2.75) is 49.7 Å². The van der Waals surface area contributed by atoms with Gasteiger partial charge in [0, 0.05) is 12.6 Å². The standard InChI is InChI=1S/C29H32N4O2/c34-27(31-32-28(35)30-25-19-11-4-12-20-25)26-21-33(26)29(22-13-5-1-6-14-22,23-15-7-2-8-16-23)24-17-9-3-10-18-24/h1-3,5-10,13-18,25-26H,4,11-12,19-21H2,(H,31,34)(H2,30,32,35)/t26-,33?/m0/s1. The Hall–Kier alpha value is -3.64. The van der Waals surface area contributed by atoms with Crippen LogP contribution in [0, 0.1) is 0 Å². The zero-order valence-corrected chi connectivity index (χ0v) is 19.8. The maximum atomic E-state index is 13.2. The topological polar surface area (TPSA) is 73.2 Å². The first-order valence-corrected chi connectivity index (χ1v) is 12.5. The fourth-order valence-corrected chi connectivity index (χ4v) is 5.44. The quantitative estimate of drug-likeness (QED) is 0.287. The van der Waals surface area contributed by atoms with Crippen molar-refractivity contribution in [2.75, 3.05) is 6.54 Å². The molecule has 1 aliphatic carbocycles. The number of hydrogen-bond acceptors (Lipinski definition) is 3. The molecule has 6 heteroatoms. The number of carbonyl (C=O) groups is 2. The van der Waals surface area contributed by atoms with Crippen molar-refractivity contribution in [1.82, 2.24) is 21.1 Å². The second kappa shape index (κ2) is 10.3. The van der Waals surface area contributed by atoms with Gasteiger partial charge in [-0.15, -0.1) is 0 Å². The Morgan fingerprint density at radius 1 is 0.686 bits per heavy atom. The summed E-state index contributed by atoms with van der Waals surface area (Å²) in [4.78, 5) is 27.7. The van der Waals surface area contributed by atoms with E-state index in [9.17, 15) is 9.59 Å². The molecule has 3 aromatic rings. The van der Waals surface area contributed by atoms with E-state index >= 15 is 0 Å². The molecule has 3 amide bonds. The Labute approximate surface area is 206 Å². The molecule has 5 rings (SSSR count). The molecule has 0 bridgehead atoms. The predicted molar refractivity (Wildman–Crippen MR) is 136 cm³/mol. The lowest BCUT2D eigenvalue weighted by Gasteiger charge is -2.38. The lowest BCUT2D eigenvalue weighted by Crippen LogP contribution is -2.52. The Balaban J connectivity index is 1.39. The molecule has 2 aliphatic rings. The Kier molecular flexibility index (Phi) is 6.82. The summed E-state index contributed by atoms with van der Waals surface area (Å²) < 4.78 is 0. The van der Waals surface area contributed by atoms with E-state index in [-0.39, 0.29) is 24.0 Å². The minimum absolute atomic E-state index is 0.181. The van der Waals surface area contributed by atoms with Crippen LogP contribution >= 0.6 is 0 Å². The molecular formula is C29H32N4O2. The van der Waals surface area contributed by atoms with Gasteiger partial charge in [-0.25, -0.2) is 10.2 Å². The predicted octanol–water partition coefficient (Wildman–Crippen LogP) is 4.33. The van der Waals surface area contributed by atoms with Gasteiger partial charge in [0.05, 0.1) is 5.54 Å². The number of nitrogens with zero attached hydrogens (tertiary/aromatic N) is 1. The zero-order chi connectivity index (χ0) is 24.1. The zero-order valence-electron chi connectivity index (χ0n) is 19.8. The van der Waals surface area contributed by atoms with Gasteiger partial charge >= 0.3 is 6.03 Å². The van der Waals surface area contributed by atoms with Crippen molar-refractivity contribution in [3.8, 4) is 0 Å². The highest BCUT2D eigenvalue weighted by atomic mass is 16.2. The summed E-state index contributed by atoms with van der Waals surface area (Å²) in [6.07, 6.45) is 5.47. The van der Waals surface area contributed by atoms with Gasteiger partial charge in [0.2, 0.25) is 0 Å². The van der Waals surface area contributed by atoms with E-state index in [1.807, 2.05) is 54.6 Å². The van der Waals surface area contributed by atoms with Crippen molar-refractivity contribution in [3.63, 3.8) is 0 Å². The van der Waals surface area contributed by atoms with Gasteiger partial charge in [-0.05, 0) is 29.5 Å². The number of benzene rings is 3. The molecule has 0 spiro atoms. The Bertz CT molecular complexity index is 1030. The van der Waals surface area contributed by atoms with E-state index in [0.29, 0.717) is 6.54 Å². The number of carbonyl (C=O) groups excluding carboxylic acids is 2. The van der Waals surface area contributed by atoms with Crippen LogP contribution in [0.4, 0.5) is 4.79 Å². The van der Waals surface area contributed by atoms with Crippen LogP contribution in [0.15, 0.2) is 91.0 Å². The molecule has 2 fully saturated rings. The van der Waals surface area contributed by atoms with Gasteiger partial charge < -0.3 is 5.32 Å². The van der Waals surface area contributed by atoms with E-state index in [2.05, 4.69) is 57.5 Å². The van der Waals surface area contributed by atoms with Gasteiger partial charge in [-0.2, -0.15) is 0 Å². The molecule has 1 heterocycles. The van der Waals surface area contributed by atoms with E-state index in [0.717, 1.165) is 42.4 Å². The molecule has 1 unspecified atom stereocenters. The fourth-order valence-electron chi connectivity index (χ4n) is 5.44. The monoisotopic (exact) mass is 468 g/mol. The van der Waals surface area contributed by atoms with Crippen LogP contribution in [-0.4, -0.2) is 35.5 Å². The van der Waals surface area contributed by atoms with E-state index in [4.69, 9.17) is 0 Å². The molecule has 3 N–H and O–H groups in total. The molecule has 3 aromatic carbocycles. The minimum atomic E-state index is -0.629. The van der Waals surface area contributed by atoms with Crippen molar-refractivity contribution in [2.24, 2.45) is 0 Å². The van der Waals surface area contributed by atoms with Gasteiger partial charge in [0.25, 0.3) is 5.91 Å². The first-order chi connectivity index (χ1) is 17.2. The lowest BCUT2D eigenvalue weighted by molar-refractivity contribution is -0.122. The highest BCUT2D eigenvalue weighted by Gasteiger charge is 2.56. The molecule has 2 atom stereocenters. The van der Waals surface area contributed by atoms with Crippen LogP contribution in [0.5, 0.6) is 0 Å². The van der Waals surface area contributed by atoms with Crippen LogP contribution in [0.25, 0.3) is 0 Å². The van der Waals surface area contributed by atoms with Crippen molar-refractivity contribution < 1.29 is 9.59 Å². The lowest BCUT2D eigenvalue weighted by atomic mass is 9.76. The van der Waals surface area contributed by atoms with Crippen LogP contribution in [0.2, 0.25) is 0 Å². The molecule has 180 valence electrons. The third-order valence-electron chi connectivity index (χ3n) is 7.16. The number of urea groups is 1. The summed E-state index contributed by atoms with van der Waals surface area (Å²) in [7, 11) is 0. The molecule has 1 aliphatic heterocycles. The molecular weight excluding hydrogens is 436 g/mol.